The molecule has 0 radical (unpaired) electrons. The van der Waals surface area contributed by atoms with E-state index in [1.54, 1.807) is 0 Å². The SMILES string of the molecule is Cl.Cl.O=C(CN1CCNCC1)N=Nc1c(O)[nH]c2ccccc12. The summed E-state index contributed by atoms with van der Waals surface area (Å²) >= 11 is 0. The van der Waals surface area contributed by atoms with Gasteiger partial charge in [0.25, 0.3) is 5.91 Å². The van der Waals surface area contributed by atoms with Gasteiger partial charge in [-0.05, 0) is 6.07 Å². The van der Waals surface area contributed by atoms with E-state index in [4.69, 9.17) is 0 Å². The number of rotatable bonds is 3. The highest BCUT2D eigenvalue weighted by atomic mass is 35.5. The van der Waals surface area contributed by atoms with Gasteiger partial charge in [-0.3, -0.25) is 9.69 Å². The standard InChI is InChI=1S/C14H17N5O2.2ClH/c20-12(9-19-7-5-15-6-8-19)17-18-13-10-3-1-2-4-11(10)16-14(13)21;;/h1-4,15-16,21H,5-9H2;2*1H. The van der Waals surface area contributed by atoms with Crippen molar-refractivity contribution in [3.8, 4) is 5.88 Å². The van der Waals surface area contributed by atoms with Gasteiger partial charge in [-0.2, -0.15) is 0 Å². The van der Waals surface area contributed by atoms with E-state index in [1.165, 1.54) is 0 Å². The molecule has 23 heavy (non-hydrogen) atoms. The molecule has 1 aromatic carbocycles. The molecular weight excluding hydrogens is 341 g/mol. The summed E-state index contributed by atoms with van der Waals surface area (Å²) in [6, 6.07) is 7.35. The topological polar surface area (TPSA) is 93.1 Å². The number of fused-ring (bicyclic) bond motifs is 1. The fraction of sp³-hybridized carbons (Fsp3) is 0.357. The molecule has 1 fully saturated rings. The Morgan fingerprint density at radius 1 is 1.22 bits per heavy atom. The number of H-pyrrole nitrogens is 1. The van der Waals surface area contributed by atoms with Crippen LogP contribution in [-0.4, -0.2) is 53.6 Å². The molecule has 1 aliphatic rings. The number of hydrogen-bond acceptors (Lipinski definition) is 5. The lowest BCUT2D eigenvalue weighted by molar-refractivity contribution is -0.119. The van der Waals surface area contributed by atoms with Gasteiger partial charge in [0, 0.05) is 31.6 Å². The molecule has 3 N–H and O–H groups in total. The maximum atomic E-state index is 11.8. The molecule has 0 unspecified atom stereocenters. The molecule has 2 aromatic rings. The monoisotopic (exact) mass is 359 g/mol. The summed E-state index contributed by atoms with van der Waals surface area (Å²) in [5.74, 6) is -0.378. The van der Waals surface area contributed by atoms with Crippen LogP contribution in [0.3, 0.4) is 0 Å². The number of aromatic nitrogens is 1. The molecule has 1 aromatic heterocycles. The van der Waals surface area contributed by atoms with Crippen molar-refractivity contribution in [3.63, 3.8) is 0 Å². The number of benzene rings is 1. The number of amides is 1. The van der Waals surface area contributed by atoms with Gasteiger partial charge in [-0.25, -0.2) is 0 Å². The molecule has 0 atom stereocenters. The van der Waals surface area contributed by atoms with Crippen LogP contribution in [-0.2, 0) is 4.79 Å². The van der Waals surface area contributed by atoms with Crippen LogP contribution >= 0.6 is 24.8 Å². The Labute approximate surface area is 146 Å². The van der Waals surface area contributed by atoms with E-state index in [0.29, 0.717) is 5.69 Å². The Balaban J connectivity index is 0.00000132. The van der Waals surface area contributed by atoms with E-state index in [9.17, 15) is 9.90 Å². The number of azo groups is 1. The minimum absolute atomic E-state index is 0. The van der Waals surface area contributed by atoms with Gasteiger partial charge in [-0.1, -0.05) is 18.2 Å². The second-order valence-corrected chi connectivity index (χ2v) is 4.99. The molecule has 3 rings (SSSR count). The lowest BCUT2D eigenvalue weighted by Gasteiger charge is -2.25. The van der Waals surface area contributed by atoms with Crippen LogP contribution in [0.5, 0.6) is 5.88 Å². The predicted molar refractivity (Wildman–Crippen MR) is 93.3 cm³/mol. The third kappa shape index (κ3) is 4.65. The first-order valence-electron chi connectivity index (χ1n) is 6.91. The third-order valence-corrected chi connectivity index (χ3v) is 3.49. The average molecular weight is 360 g/mol. The van der Waals surface area contributed by atoms with Gasteiger partial charge < -0.3 is 15.4 Å². The summed E-state index contributed by atoms with van der Waals surface area (Å²) in [6.07, 6.45) is 0. The van der Waals surface area contributed by atoms with E-state index >= 15 is 0 Å². The highest BCUT2D eigenvalue weighted by molar-refractivity contribution is 5.94. The minimum Gasteiger partial charge on any atom is -0.493 e. The molecule has 7 nitrogen and oxygen atoms in total. The number of nitrogens with one attached hydrogen (secondary N) is 2. The molecule has 1 amide bonds. The smallest absolute Gasteiger partial charge is 0.278 e. The summed E-state index contributed by atoms with van der Waals surface area (Å²) in [4.78, 5) is 16.7. The van der Waals surface area contributed by atoms with Crippen molar-refractivity contribution in [3.05, 3.63) is 24.3 Å². The second-order valence-electron chi connectivity index (χ2n) is 4.99. The maximum absolute atomic E-state index is 11.8. The Morgan fingerprint density at radius 2 is 1.91 bits per heavy atom. The van der Waals surface area contributed by atoms with Crippen molar-refractivity contribution >= 4 is 47.3 Å². The molecule has 126 valence electrons. The molecule has 1 saturated heterocycles. The van der Waals surface area contributed by atoms with E-state index in [-0.39, 0.29) is 43.1 Å². The quantitative estimate of drug-likeness (QED) is 0.732. The van der Waals surface area contributed by atoms with E-state index < -0.39 is 0 Å². The summed E-state index contributed by atoms with van der Waals surface area (Å²) < 4.78 is 0. The number of para-hydroxylation sites is 1. The molecule has 1 aliphatic heterocycles. The van der Waals surface area contributed by atoms with Crippen molar-refractivity contribution < 1.29 is 9.90 Å². The summed E-state index contributed by atoms with van der Waals surface area (Å²) in [5.41, 5.74) is 1.07. The normalized spacial score (nSPS) is 15.3. The third-order valence-electron chi connectivity index (χ3n) is 3.49. The number of carbonyl (C=O) groups excluding carboxylic acids is 1. The molecule has 9 heteroatoms. The molecule has 0 saturated carbocycles. The first-order chi connectivity index (χ1) is 10.2. The zero-order valence-electron chi connectivity index (χ0n) is 12.4. The average Bonchev–Trinajstić information content (AvgIpc) is 2.81. The number of halogens is 2. The maximum Gasteiger partial charge on any atom is 0.278 e. The lowest BCUT2D eigenvalue weighted by atomic mass is 10.2. The molecule has 0 spiro atoms. The highest BCUT2D eigenvalue weighted by Gasteiger charge is 2.14. The van der Waals surface area contributed by atoms with Gasteiger partial charge >= 0.3 is 0 Å². The van der Waals surface area contributed by atoms with Crippen LogP contribution in [0.1, 0.15) is 0 Å². The number of aromatic hydroxyl groups is 1. The highest BCUT2D eigenvalue weighted by Crippen LogP contribution is 2.35. The molecule has 2 heterocycles. The second kappa shape index (κ2) is 8.83. The number of hydrogen-bond donors (Lipinski definition) is 3. The minimum atomic E-state index is -0.304. The van der Waals surface area contributed by atoms with Gasteiger partial charge in [0.15, 0.2) is 5.69 Å². The molecule has 0 aliphatic carbocycles. The Hall–Kier alpha value is -1.67. The van der Waals surface area contributed by atoms with E-state index in [2.05, 4.69) is 20.5 Å². The largest absolute Gasteiger partial charge is 0.493 e. The van der Waals surface area contributed by atoms with Crippen molar-refractivity contribution in [2.75, 3.05) is 32.7 Å². The molecule has 0 bridgehead atoms. The summed E-state index contributed by atoms with van der Waals surface area (Å²) in [6.45, 7) is 3.69. The Morgan fingerprint density at radius 3 is 2.65 bits per heavy atom. The van der Waals surface area contributed by atoms with Crippen molar-refractivity contribution in [1.82, 2.24) is 15.2 Å². The van der Waals surface area contributed by atoms with Crippen LogP contribution < -0.4 is 5.32 Å². The molecular formula is C14H19Cl2N5O2. The van der Waals surface area contributed by atoms with Crippen LogP contribution in [0.15, 0.2) is 34.5 Å². The van der Waals surface area contributed by atoms with Crippen LogP contribution in [0.25, 0.3) is 10.9 Å². The lowest BCUT2D eigenvalue weighted by Crippen LogP contribution is -2.45. The van der Waals surface area contributed by atoms with Crippen molar-refractivity contribution in [1.29, 1.82) is 0 Å². The van der Waals surface area contributed by atoms with Crippen molar-refractivity contribution in [2.24, 2.45) is 10.2 Å². The number of piperazine rings is 1. The fourth-order valence-electron chi connectivity index (χ4n) is 2.41. The van der Waals surface area contributed by atoms with E-state index in [1.807, 2.05) is 29.2 Å². The van der Waals surface area contributed by atoms with Gasteiger partial charge in [0.05, 0.1) is 12.1 Å². The first kappa shape index (κ1) is 19.4. The van der Waals surface area contributed by atoms with Crippen LogP contribution in [0.2, 0.25) is 0 Å². The summed E-state index contributed by atoms with van der Waals surface area (Å²) in [7, 11) is 0. The van der Waals surface area contributed by atoms with Gasteiger partial charge in [-0.15, -0.1) is 35.0 Å². The van der Waals surface area contributed by atoms with Crippen LogP contribution in [0, 0.1) is 0 Å². The van der Waals surface area contributed by atoms with Crippen molar-refractivity contribution in [2.45, 2.75) is 0 Å². The Kier molecular flexibility index (Phi) is 7.44. The number of carbonyl (C=O) groups is 1. The first-order valence-corrected chi connectivity index (χ1v) is 6.91. The van der Waals surface area contributed by atoms with E-state index in [0.717, 1.165) is 37.1 Å². The Bertz CT molecular complexity index is 683. The zero-order valence-corrected chi connectivity index (χ0v) is 14.0. The van der Waals surface area contributed by atoms with Gasteiger partial charge in [0.2, 0.25) is 5.88 Å². The number of nitrogens with zero attached hydrogens (tertiary/aromatic N) is 3. The van der Waals surface area contributed by atoms with Gasteiger partial charge in [0.1, 0.15) is 0 Å². The van der Waals surface area contributed by atoms with Crippen LogP contribution in [0.4, 0.5) is 5.69 Å². The predicted octanol–water partition coefficient (Wildman–Crippen LogP) is 2.23. The summed E-state index contributed by atoms with van der Waals surface area (Å²) in [5, 5.41) is 21.4. The zero-order chi connectivity index (χ0) is 14.7. The fourth-order valence-corrected chi connectivity index (χ4v) is 2.41. The number of aromatic amines is 1.